The Morgan fingerprint density at radius 3 is 2.61 bits per heavy atom. The zero-order chi connectivity index (χ0) is 13.5. The van der Waals surface area contributed by atoms with E-state index in [1.165, 1.54) is 6.08 Å². The predicted molar refractivity (Wildman–Crippen MR) is 66.2 cm³/mol. The Bertz CT molecular complexity index is 319. The number of nitrogens with one attached hydrogen (secondary N) is 2. The smallest absolute Gasteiger partial charge is 0.326 e. The van der Waals surface area contributed by atoms with Crippen molar-refractivity contribution in [3.8, 4) is 0 Å². The van der Waals surface area contributed by atoms with E-state index in [-0.39, 0.29) is 12.5 Å². The fourth-order valence-electron chi connectivity index (χ4n) is 2.04. The summed E-state index contributed by atoms with van der Waals surface area (Å²) in [6, 6.07) is -1.84. The second-order valence-electron chi connectivity index (χ2n) is 4.49. The molecule has 6 nitrogen and oxygen atoms in total. The average Bonchev–Trinajstić information content (AvgIpc) is 2.31. The van der Waals surface area contributed by atoms with Crippen molar-refractivity contribution in [2.24, 2.45) is 0 Å². The largest absolute Gasteiger partial charge is 0.480 e. The molecule has 1 saturated carbocycles. The predicted octanol–water partition coefficient (Wildman–Crippen LogP) is 0.618. The number of urea groups is 1. The van der Waals surface area contributed by atoms with Gasteiger partial charge in [0.2, 0.25) is 0 Å². The van der Waals surface area contributed by atoms with Crippen LogP contribution in [0, 0.1) is 0 Å². The van der Waals surface area contributed by atoms with Crippen molar-refractivity contribution in [1.29, 1.82) is 0 Å². The van der Waals surface area contributed by atoms with E-state index in [1.807, 2.05) is 0 Å². The van der Waals surface area contributed by atoms with Crippen LogP contribution in [0.3, 0.4) is 0 Å². The van der Waals surface area contributed by atoms with Gasteiger partial charge in [-0.25, -0.2) is 9.59 Å². The highest BCUT2D eigenvalue weighted by Crippen LogP contribution is 2.18. The van der Waals surface area contributed by atoms with E-state index < -0.39 is 24.1 Å². The summed E-state index contributed by atoms with van der Waals surface area (Å²) < 4.78 is 0. The van der Waals surface area contributed by atoms with E-state index in [9.17, 15) is 14.7 Å². The van der Waals surface area contributed by atoms with Crippen LogP contribution in [0.25, 0.3) is 0 Å². The highest BCUT2D eigenvalue weighted by Gasteiger charge is 2.26. The maximum atomic E-state index is 11.6. The molecule has 6 heteroatoms. The van der Waals surface area contributed by atoms with Crippen LogP contribution in [-0.2, 0) is 4.79 Å². The van der Waals surface area contributed by atoms with Gasteiger partial charge >= 0.3 is 12.0 Å². The lowest BCUT2D eigenvalue weighted by atomic mass is 9.93. The summed E-state index contributed by atoms with van der Waals surface area (Å²) in [5.41, 5.74) is 0. The minimum atomic E-state index is -1.10. The number of rotatable bonds is 5. The second kappa shape index (κ2) is 7.00. The molecule has 0 aromatic carbocycles. The summed E-state index contributed by atoms with van der Waals surface area (Å²) in [7, 11) is 0. The van der Waals surface area contributed by atoms with Crippen molar-refractivity contribution in [3.05, 3.63) is 12.7 Å². The molecule has 0 aromatic rings. The first kappa shape index (κ1) is 14.5. The molecule has 1 aliphatic carbocycles. The van der Waals surface area contributed by atoms with Crippen molar-refractivity contribution in [2.45, 2.75) is 50.3 Å². The van der Waals surface area contributed by atoms with Crippen molar-refractivity contribution >= 4 is 12.0 Å². The number of aliphatic carboxylic acids is 1. The lowest BCUT2D eigenvalue weighted by molar-refractivity contribution is -0.139. The van der Waals surface area contributed by atoms with E-state index in [4.69, 9.17) is 5.11 Å². The molecule has 1 rings (SSSR count). The number of aliphatic hydroxyl groups excluding tert-OH is 1. The van der Waals surface area contributed by atoms with Gasteiger partial charge in [0.15, 0.2) is 0 Å². The minimum absolute atomic E-state index is 0.163. The number of carboxylic acids is 1. The monoisotopic (exact) mass is 256 g/mol. The van der Waals surface area contributed by atoms with Gasteiger partial charge in [-0.2, -0.15) is 0 Å². The number of carbonyl (C=O) groups is 2. The summed E-state index contributed by atoms with van der Waals surface area (Å²) in [6.07, 6.45) is 4.34. The summed E-state index contributed by atoms with van der Waals surface area (Å²) in [5.74, 6) is -1.10. The molecule has 0 bridgehead atoms. The first-order chi connectivity index (χ1) is 8.54. The quantitative estimate of drug-likeness (QED) is 0.542. The molecule has 18 heavy (non-hydrogen) atoms. The Balaban J connectivity index is 2.43. The number of carbonyl (C=O) groups excluding carboxylic acids is 1. The van der Waals surface area contributed by atoms with E-state index in [0.29, 0.717) is 12.8 Å². The van der Waals surface area contributed by atoms with Crippen molar-refractivity contribution in [2.75, 3.05) is 0 Å². The van der Waals surface area contributed by atoms with E-state index in [0.717, 1.165) is 12.8 Å². The molecular formula is C12H20N2O4. The van der Waals surface area contributed by atoms with Gasteiger partial charge in [-0.15, -0.1) is 6.58 Å². The molecule has 0 aliphatic heterocycles. The maximum Gasteiger partial charge on any atom is 0.326 e. The zero-order valence-electron chi connectivity index (χ0n) is 10.3. The molecule has 2 amide bonds. The number of hydrogen-bond donors (Lipinski definition) is 4. The molecule has 3 unspecified atom stereocenters. The zero-order valence-corrected chi connectivity index (χ0v) is 10.3. The van der Waals surface area contributed by atoms with Gasteiger partial charge in [0.25, 0.3) is 0 Å². The van der Waals surface area contributed by atoms with Gasteiger partial charge in [0.1, 0.15) is 6.04 Å². The average molecular weight is 256 g/mol. The molecule has 0 aromatic heterocycles. The van der Waals surface area contributed by atoms with Crippen LogP contribution in [0.2, 0.25) is 0 Å². The summed E-state index contributed by atoms with van der Waals surface area (Å²) in [6.45, 7) is 3.44. The Kier molecular flexibility index (Phi) is 5.64. The molecule has 0 heterocycles. The molecule has 102 valence electrons. The molecule has 0 saturated heterocycles. The Hall–Kier alpha value is -1.56. The highest BCUT2D eigenvalue weighted by atomic mass is 16.4. The third kappa shape index (κ3) is 4.37. The second-order valence-corrected chi connectivity index (χ2v) is 4.49. The third-order valence-corrected chi connectivity index (χ3v) is 3.05. The first-order valence-corrected chi connectivity index (χ1v) is 6.13. The Labute approximate surface area is 106 Å². The van der Waals surface area contributed by atoms with Crippen LogP contribution in [0.5, 0.6) is 0 Å². The summed E-state index contributed by atoms with van der Waals surface area (Å²) in [4.78, 5) is 22.5. The van der Waals surface area contributed by atoms with Gasteiger partial charge in [-0.1, -0.05) is 18.9 Å². The fourth-order valence-corrected chi connectivity index (χ4v) is 2.04. The van der Waals surface area contributed by atoms with Crippen LogP contribution >= 0.6 is 0 Å². The van der Waals surface area contributed by atoms with Crippen LogP contribution < -0.4 is 10.6 Å². The first-order valence-electron chi connectivity index (χ1n) is 6.13. The Morgan fingerprint density at radius 1 is 1.39 bits per heavy atom. The SMILES string of the molecule is C=CCC(NC(=O)NC1CCCCC1O)C(=O)O. The molecule has 0 spiro atoms. The van der Waals surface area contributed by atoms with Crippen LogP contribution in [0.15, 0.2) is 12.7 Å². The standard InChI is InChI=1S/C12H20N2O4/c1-2-5-9(11(16)17)14-12(18)13-8-6-3-4-7-10(8)15/h2,8-10,15H,1,3-7H2,(H,16,17)(H2,13,14,18). The van der Waals surface area contributed by atoms with Gasteiger partial charge in [0, 0.05) is 0 Å². The lowest BCUT2D eigenvalue weighted by Crippen LogP contribution is -2.52. The van der Waals surface area contributed by atoms with Crippen molar-refractivity contribution < 1.29 is 19.8 Å². The number of carboxylic acid groups (broad SMARTS) is 1. The maximum absolute atomic E-state index is 11.6. The number of hydrogen-bond acceptors (Lipinski definition) is 3. The van der Waals surface area contributed by atoms with Crippen LogP contribution in [0.1, 0.15) is 32.1 Å². The van der Waals surface area contributed by atoms with E-state index >= 15 is 0 Å². The fraction of sp³-hybridized carbons (Fsp3) is 0.667. The van der Waals surface area contributed by atoms with Gasteiger partial charge in [0.05, 0.1) is 12.1 Å². The Morgan fingerprint density at radius 2 is 2.06 bits per heavy atom. The molecule has 4 N–H and O–H groups in total. The molecule has 3 atom stereocenters. The number of amides is 2. The molecule has 1 fully saturated rings. The van der Waals surface area contributed by atoms with Crippen molar-refractivity contribution in [1.82, 2.24) is 10.6 Å². The third-order valence-electron chi connectivity index (χ3n) is 3.05. The van der Waals surface area contributed by atoms with Crippen LogP contribution in [-0.4, -0.2) is 40.4 Å². The molecule has 1 aliphatic rings. The molecular weight excluding hydrogens is 236 g/mol. The number of aliphatic hydroxyl groups is 1. The highest BCUT2D eigenvalue weighted by molar-refractivity contribution is 5.82. The minimum Gasteiger partial charge on any atom is -0.480 e. The molecule has 0 radical (unpaired) electrons. The topological polar surface area (TPSA) is 98.7 Å². The summed E-state index contributed by atoms with van der Waals surface area (Å²) in [5, 5.41) is 23.5. The van der Waals surface area contributed by atoms with Gasteiger partial charge < -0.3 is 20.8 Å². The lowest BCUT2D eigenvalue weighted by Gasteiger charge is -2.28. The van der Waals surface area contributed by atoms with Gasteiger partial charge in [-0.05, 0) is 19.3 Å². The summed E-state index contributed by atoms with van der Waals surface area (Å²) >= 11 is 0. The van der Waals surface area contributed by atoms with E-state index in [1.54, 1.807) is 0 Å². The van der Waals surface area contributed by atoms with Crippen molar-refractivity contribution in [3.63, 3.8) is 0 Å². The van der Waals surface area contributed by atoms with Gasteiger partial charge in [-0.3, -0.25) is 0 Å². The van der Waals surface area contributed by atoms with Crippen LogP contribution in [0.4, 0.5) is 4.79 Å². The van der Waals surface area contributed by atoms with E-state index in [2.05, 4.69) is 17.2 Å². The normalized spacial score (nSPS) is 24.9.